The fraction of sp³-hybridized carbons (Fsp3) is 0.286. The van der Waals surface area contributed by atoms with Gasteiger partial charge in [0.1, 0.15) is 6.23 Å². The molecule has 1 aliphatic rings. The van der Waals surface area contributed by atoms with E-state index in [-0.39, 0.29) is 24.1 Å². The van der Waals surface area contributed by atoms with Gasteiger partial charge in [-0.05, 0) is 81.4 Å². The summed E-state index contributed by atoms with van der Waals surface area (Å²) in [6.07, 6.45) is 1.25. The Morgan fingerprint density at radius 1 is 0.941 bits per heavy atom. The Morgan fingerprint density at radius 2 is 1.62 bits per heavy atom. The van der Waals surface area contributed by atoms with Crippen LogP contribution < -0.4 is 10.2 Å². The molecular formula is C28H31N3O3. The summed E-state index contributed by atoms with van der Waals surface area (Å²) in [4.78, 5) is 30.3. The van der Waals surface area contributed by atoms with Gasteiger partial charge in [-0.2, -0.15) is 0 Å². The summed E-state index contributed by atoms with van der Waals surface area (Å²) < 4.78 is 5.78. The van der Waals surface area contributed by atoms with E-state index in [0.29, 0.717) is 16.8 Å². The number of aryl methyl sites for hydroxylation is 1. The van der Waals surface area contributed by atoms with Crippen LogP contribution in [-0.2, 0) is 4.74 Å². The summed E-state index contributed by atoms with van der Waals surface area (Å²) in [6, 6.07) is 22.7. The lowest BCUT2D eigenvalue weighted by atomic mass is 10.0. The zero-order valence-corrected chi connectivity index (χ0v) is 20.1. The number of para-hydroxylation sites is 1. The van der Waals surface area contributed by atoms with Crippen molar-refractivity contribution in [1.82, 2.24) is 4.90 Å². The third-order valence-corrected chi connectivity index (χ3v) is 6.42. The van der Waals surface area contributed by atoms with E-state index in [2.05, 4.69) is 30.4 Å². The summed E-state index contributed by atoms with van der Waals surface area (Å²) >= 11 is 0. The highest BCUT2D eigenvalue weighted by Crippen LogP contribution is 2.38. The van der Waals surface area contributed by atoms with Crippen molar-refractivity contribution >= 4 is 23.2 Å². The average molecular weight is 458 g/mol. The van der Waals surface area contributed by atoms with Crippen LogP contribution in [-0.4, -0.2) is 44.1 Å². The fourth-order valence-corrected chi connectivity index (χ4v) is 4.59. The minimum Gasteiger partial charge on any atom is -0.361 e. The molecule has 0 saturated carbocycles. The van der Waals surface area contributed by atoms with Crippen molar-refractivity contribution in [2.24, 2.45) is 0 Å². The molecule has 6 nitrogen and oxygen atoms in total. The Morgan fingerprint density at radius 3 is 2.29 bits per heavy atom. The largest absolute Gasteiger partial charge is 0.361 e. The van der Waals surface area contributed by atoms with Crippen LogP contribution in [0.3, 0.4) is 0 Å². The van der Waals surface area contributed by atoms with Crippen LogP contribution in [0.4, 0.5) is 11.4 Å². The molecule has 0 bridgehead atoms. The second-order valence-electron chi connectivity index (χ2n) is 8.83. The predicted molar refractivity (Wildman–Crippen MR) is 135 cm³/mol. The number of carbonyl (C=O) groups excluding carboxylic acids is 2. The fourth-order valence-electron chi connectivity index (χ4n) is 4.59. The lowest BCUT2D eigenvalue weighted by molar-refractivity contribution is 0.0692. The van der Waals surface area contributed by atoms with Crippen LogP contribution >= 0.6 is 0 Å². The number of rotatable bonds is 5. The van der Waals surface area contributed by atoms with Crippen molar-refractivity contribution in [1.29, 1.82) is 0 Å². The first-order valence-corrected chi connectivity index (χ1v) is 11.5. The van der Waals surface area contributed by atoms with E-state index in [0.717, 1.165) is 29.7 Å². The number of fused-ring (bicyclic) bond motifs is 1. The van der Waals surface area contributed by atoms with Gasteiger partial charge < -0.3 is 15.0 Å². The Hall–Kier alpha value is -3.48. The Balaban J connectivity index is 1.60. The van der Waals surface area contributed by atoms with Crippen molar-refractivity contribution in [3.63, 3.8) is 0 Å². The molecule has 0 saturated heterocycles. The first kappa shape index (κ1) is 23.7. The number of hydrogen-bond acceptors (Lipinski definition) is 4. The third-order valence-electron chi connectivity index (χ3n) is 6.42. The second-order valence-corrected chi connectivity index (χ2v) is 8.83. The van der Waals surface area contributed by atoms with E-state index in [4.69, 9.17) is 4.74 Å². The maximum Gasteiger partial charge on any atom is 0.260 e. The van der Waals surface area contributed by atoms with Crippen molar-refractivity contribution in [3.05, 3.63) is 95.1 Å². The molecule has 0 spiro atoms. The summed E-state index contributed by atoms with van der Waals surface area (Å²) in [5, 5.41) is 2.91. The molecule has 0 aromatic heterocycles. The average Bonchev–Trinajstić information content (AvgIpc) is 3.01. The SMILES string of the molecule is COC1CCC(N(C)C)c2ccccc2N1C(=O)c1ccc(NC(=O)c2ccccc2C)cc1. The van der Waals surface area contributed by atoms with E-state index < -0.39 is 0 Å². The molecule has 176 valence electrons. The molecule has 3 aromatic rings. The number of benzene rings is 3. The van der Waals surface area contributed by atoms with Crippen LogP contribution in [0.5, 0.6) is 0 Å². The molecular weight excluding hydrogens is 426 g/mol. The summed E-state index contributed by atoms with van der Waals surface area (Å²) in [6.45, 7) is 1.91. The number of nitrogens with one attached hydrogen (secondary N) is 1. The lowest BCUT2D eigenvalue weighted by Crippen LogP contribution is -2.41. The standard InChI is InChI=1S/C28H31N3O3/c1-19-9-5-6-10-22(19)27(32)29-21-15-13-20(14-16-21)28(33)31-25-12-8-7-11-23(25)24(30(2)3)17-18-26(31)34-4/h5-16,24,26H,17-18H2,1-4H3,(H,29,32). The molecule has 0 fully saturated rings. The molecule has 0 aliphatic carbocycles. The predicted octanol–water partition coefficient (Wildman–Crippen LogP) is 5.26. The first-order valence-electron chi connectivity index (χ1n) is 11.5. The van der Waals surface area contributed by atoms with Crippen molar-refractivity contribution in [2.45, 2.75) is 32.0 Å². The van der Waals surface area contributed by atoms with Gasteiger partial charge in [0.15, 0.2) is 0 Å². The van der Waals surface area contributed by atoms with Gasteiger partial charge in [0.2, 0.25) is 0 Å². The van der Waals surface area contributed by atoms with E-state index in [9.17, 15) is 9.59 Å². The van der Waals surface area contributed by atoms with Crippen molar-refractivity contribution < 1.29 is 14.3 Å². The Labute approximate surface area is 201 Å². The minimum atomic E-state index is -0.362. The van der Waals surface area contributed by atoms with Gasteiger partial charge >= 0.3 is 0 Å². The minimum absolute atomic E-state index is 0.129. The number of carbonyl (C=O) groups is 2. The normalized spacial score (nSPS) is 17.7. The van der Waals surface area contributed by atoms with Crippen LogP contribution in [0.15, 0.2) is 72.8 Å². The monoisotopic (exact) mass is 457 g/mol. The number of anilines is 2. The van der Waals surface area contributed by atoms with Gasteiger partial charge in [-0.1, -0.05) is 36.4 Å². The molecule has 2 amide bonds. The van der Waals surface area contributed by atoms with Gasteiger partial charge in [-0.15, -0.1) is 0 Å². The third kappa shape index (κ3) is 4.74. The smallest absolute Gasteiger partial charge is 0.260 e. The maximum atomic E-state index is 13.7. The van der Waals surface area contributed by atoms with Crippen LogP contribution in [0.2, 0.25) is 0 Å². The van der Waals surface area contributed by atoms with Gasteiger partial charge in [-0.25, -0.2) is 0 Å². The Kier molecular flexibility index (Phi) is 7.10. The topological polar surface area (TPSA) is 61.9 Å². The molecule has 2 unspecified atom stereocenters. The maximum absolute atomic E-state index is 13.7. The Bertz CT molecular complexity index is 1170. The second kappa shape index (κ2) is 10.2. The highest BCUT2D eigenvalue weighted by atomic mass is 16.5. The van der Waals surface area contributed by atoms with E-state index in [1.807, 2.05) is 43.3 Å². The zero-order chi connectivity index (χ0) is 24.2. The van der Waals surface area contributed by atoms with E-state index >= 15 is 0 Å². The molecule has 3 aromatic carbocycles. The van der Waals surface area contributed by atoms with Gasteiger partial charge in [-0.3, -0.25) is 14.5 Å². The van der Waals surface area contributed by atoms with Gasteiger partial charge in [0.05, 0.1) is 5.69 Å². The van der Waals surface area contributed by atoms with Crippen LogP contribution in [0.1, 0.15) is 50.7 Å². The van der Waals surface area contributed by atoms with Crippen molar-refractivity contribution in [3.8, 4) is 0 Å². The summed E-state index contributed by atoms with van der Waals surface area (Å²) in [5.41, 5.74) is 4.69. The first-order chi connectivity index (χ1) is 16.4. The van der Waals surface area contributed by atoms with Crippen molar-refractivity contribution in [2.75, 3.05) is 31.4 Å². The number of amides is 2. The lowest BCUT2D eigenvalue weighted by Gasteiger charge is -2.30. The molecule has 4 rings (SSSR count). The van der Waals surface area contributed by atoms with E-state index in [1.54, 1.807) is 42.3 Å². The quantitative estimate of drug-likeness (QED) is 0.568. The number of nitrogens with zero attached hydrogens (tertiary/aromatic N) is 2. The highest BCUT2D eigenvalue weighted by molar-refractivity contribution is 6.08. The summed E-state index contributed by atoms with van der Waals surface area (Å²) in [7, 11) is 5.77. The molecule has 0 radical (unpaired) electrons. The number of hydrogen-bond donors (Lipinski definition) is 1. The number of ether oxygens (including phenoxy) is 1. The molecule has 2 atom stereocenters. The molecule has 1 heterocycles. The van der Waals surface area contributed by atoms with Crippen LogP contribution in [0.25, 0.3) is 0 Å². The van der Waals surface area contributed by atoms with E-state index in [1.165, 1.54) is 0 Å². The van der Waals surface area contributed by atoms with Gasteiger partial charge in [0.25, 0.3) is 11.8 Å². The zero-order valence-electron chi connectivity index (χ0n) is 20.1. The molecule has 34 heavy (non-hydrogen) atoms. The molecule has 1 aliphatic heterocycles. The summed E-state index contributed by atoms with van der Waals surface area (Å²) in [5.74, 6) is -0.303. The molecule has 6 heteroatoms. The number of methoxy groups -OCH3 is 1. The van der Waals surface area contributed by atoms with Crippen LogP contribution in [0, 0.1) is 6.92 Å². The molecule has 1 N–H and O–H groups in total. The van der Waals surface area contributed by atoms with Gasteiger partial charge in [0, 0.05) is 30.0 Å². The highest BCUT2D eigenvalue weighted by Gasteiger charge is 2.34.